The van der Waals surface area contributed by atoms with Crippen LogP contribution in [0.25, 0.3) is 0 Å². The fraction of sp³-hybridized carbons (Fsp3) is 0.621. The molecule has 0 aliphatic carbocycles. The first kappa shape index (κ1) is 60.3. The summed E-state index contributed by atoms with van der Waals surface area (Å²) in [6.07, 6.45) is -0.0119. The van der Waals surface area contributed by atoms with Gasteiger partial charge < -0.3 is 10.0 Å². The molecule has 0 radical (unpaired) electrons. The number of carbonyl (C=O) groups is 1. The maximum Gasteiger partial charge on any atom is 0.407 e. The minimum atomic E-state index is -1.09. The van der Waals surface area contributed by atoms with E-state index in [-0.39, 0.29) is 54.4 Å². The molecule has 2 unspecified atom stereocenters. The quantitative estimate of drug-likeness (QED) is 0.179. The third-order valence-corrected chi connectivity index (χ3v) is 22.0. The Kier molecular flexibility index (Phi) is 16.8. The molecule has 1 saturated heterocycles. The molecule has 1 heterocycles. The summed E-state index contributed by atoms with van der Waals surface area (Å²) in [5.74, 6) is 0. The number of hydrogen-bond donors (Lipinski definition) is 1. The minimum Gasteiger partial charge on any atom is -0.465 e. The predicted molar refractivity (Wildman–Crippen MR) is 327 cm³/mol. The maximum absolute atomic E-state index is 14.7. The summed E-state index contributed by atoms with van der Waals surface area (Å²) in [6, 6.07) is 29.8. The second-order valence-corrected chi connectivity index (χ2v) is 37.1. The van der Waals surface area contributed by atoms with Crippen molar-refractivity contribution < 1.29 is 9.90 Å². The van der Waals surface area contributed by atoms with Gasteiger partial charge in [-0.25, -0.2) is 4.79 Å². The van der Waals surface area contributed by atoms with Crippen LogP contribution in [0.3, 0.4) is 0 Å². The lowest BCUT2D eigenvalue weighted by atomic mass is 9.72. The summed E-state index contributed by atoms with van der Waals surface area (Å²) >= 11 is 0. The lowest BCUT2D eigenvalue weighted by Gasteiger charge is -2.52. The van der Waals surface area contributed by atoms with Gasteiger partial charge in [-0.1, -0.05) is 277 Å². The first-order valence-electron chi connectivity index (χ1n) is 27.1. The van der Waals surface area contributed by atoms with Crippen molar-refractivity contribution in [2.75, 3.05) is 6.54 Å². The third kappa shape index (κ3) is 13.7. The van der Waals surface area contributed by atoms with Crippen LogP contribution in [0.1, 0.15) is 238 Å². The Morgan fingerprint density at radius 1 is 0.444 bits per heavy atom. The topological polar surface area (TPSA) is 40.5 Å². The highest BCUT2D eigenvalue weighted by Crippen LogP contribution is 2.61. The van der Waals surface area contributed by atoms with Crippen LogP contribution in [-0.4, -0.2) is 39.2 Å². The van der Waals surface area contributed by atoms with Gasteiger partial charge in [0.2, 0.25) is 0 Å². The van der Waals surface area contributed by atoms with Gasteiger partial charge in [0.1, 0.15) is 0 Å². The number of likely N-dealkylation sites (tertiary alicyclic amines) is 1. The second kappa shape index (κ2) is 20.1. The largest absolute Gasteiger partial charge is 0.465 e. The van der Waals surface area contributed by atoms with Crippen molar-refractivity contribution in [2.45, 2.75) is 253 Å². The van der Waals surface area contributed by atoms with Crippen molar-refractivity contribution >= 4 is 52.4 Å². The molecule has 1 fully saturated rings. The molecule has 1 aliphatic rings. The molecule has 0 aromatic heterocycles. The average Bonchev–Trinajstić information content (AvgIpc) is 3.60. The number of amides is 1. The molecular formula is C66H102NO2P3. The SMILES string of the molecule is CC(C)(C)c1cc(PC(Pc2cc(C(C)(C)C)cc(C(C)(C)C)c2)[C@@]2(C(C)(C)C)C[C@H](P(c3cc(C(C)(C)C)cc(C(C)(C)C)c3)c3cc(C(C)(C)C)cc(C(C)(C)C)c3)CN2C(=O)O)cc(C(C)(C)C)c1. The molecule has 4 atom stereocenters. The first-order chi connectivity index (χ1) is 32.1. The van der Waals surface area contributed by atoms with Gasteiger partial charge in [-0.3, -0.25) is 0 Å². The highest BCUT2D eigenvalue weighted by atomic mass is 31.1. The summed E-state index contributed by atoms with van der Waals surface area (Å²) in [5, 5.41) is 17.5. The van der Waals surface area contributed by atoms with E-state index in [0.717, 1.165) is 6.42 Å². The van der Waals surface area contributed by atoms with Crippen molar-refractivity contribution in [1.29, 1.82) is 0 Å². The van der Waals surface area contributed by atoms with Gasteiger partial charge in [0.05, 0.1) is 5.54 Å². The van der Waals surface area contributed by atoms with Gasteiger partial charge in [-0.15, -0.1) is 0 Å². The molecule has 0 bridgehead atoms. The number of hydrogen-bond acceptors (Lipinski definition) is 1. The van der Waals surface area contributed by atoms with Crippen LogP contribution in [0, 0.1) is 5.41 Å². The van der Waals surface area contributed by atoms with Crippen molar-refractivity contribution in [3.63, 3.8) is 0 Å². The van der Waals surface area contributed by atoms with Crippen molar-refractivity contribution in [3.8, 4) is 0 Å². The Hall–Kier alpha value is -2.56. The van der Waals surface area contributed by atoms with E-state index in [9.17, 15) is 9.90 Å². The standard InChI is InChI=1S/C66H102NO2P3/c1-57(2,3)42-28-43(58(4,5)6)33-50(32-42)70-55(71-51-34-44(59(7,8)9)29-45(35-51)60(10,11)12)66(65(25,26)27)40-54(41-67(66)56(68)69)72(52-36-46(61(13,14)15)30-47(37-52)62(16,17)18)53-38-48(63(19,20)21)31-49(39-53)64(22,23)24/h28-39,54-55,70-71H,40-41H2,1-27H3,(H,68,69)/t54-,66+/m0/s1. The minimum absolute atomic E-state index is 0.0126. The van der Waals surface area contributed by atoms with Gasteiger partial charge in [-0.05, 0) is 129 Å². The van der Waals surface area contributed by atoms with Crippen LogP contribution in [0.15, 0.2) is 72.8 Å². The highest BCUT2D eigenvalue weighted by molar-refractivity contribution is 7.73. The molecule has 72 heavy (non-hydrogen) atoms. The molecule has 4 aromatic carbocycles. The monoisotopic (exact) mass is 1030 g/mol. The molecule has 6 heteroatoms. The fourth-order valence-electron chi connectivity index (χ4n) is 10.3. The maximum atomic E-state index is 14.7. The number of nitrogens with zero attached hydrogens (tertiary/aromatic N) is 1. The first-order valence-corrected chi connectivity index (χ1v) is 30.7. The van der Waals surface area contributed by atoms with Crippen molar-refractivity contribution in [1.82, 2.24) is 4.90 Å². The highest BCUT2D eigenvalue weighted by Gasteiger charge is 2.60. The van der Waals surface area contributed by atoms with Crippen LogP contribution in [0.2, 0.25) is 0 Å². The van der Waals surface area contributed by atoms with Gasteiger partial charge in [-0.2, -0.15) is 0 Å². The van der Waals surface area contributed by atoms with E-state index in [4.69, 9.17) is 0 Å². The van der Waals surface area contributed by atoms with E-state index in [1.807, 2.05) is 4.90 Å². The Balaban J connectivity index is 1.96. The van der Waals surface area contributed by atoms with E-state index < -0.39 is 25.0 Å². The summed E-state index contributed by atoms with van der Waals surface area (Å²) < 4.78 is 0. The van der Waals surface area contributed by atoms with Crippen molar-refractivity contribution in [2.24, 2.45) is 5.41 Å². The molecule has 1 amide bonds. The summed E-state index contributed by atoms with van der Waals surface area (Å²) in [7, 11) is -0.310. The van der Waals surface area contributed by atoms with Crippen molar-refractivity contribution in [3.05, 3.63) is 117 Å². The van der Waals surface area contributed by atoms with Crippen LogP contribution in [0.5, 0.6) is 0 Å². The summed E-state index contributed by atoms with van der Waals surface area (Å²) in [5.41, 5.74) is 9.21. The Morgan fingerprint density at radius 2 is 0.681 bits per heavy atom. The molecule has 398 valence electrons. The fourth-order valence-corrected chi connectivity index (χ4v) is 18.2. The smallest absolute Gasteiger partial charge is 0.407 e. The van der Waals surface area contributed by atoms with Gasteiger partial charge in [0, 0.05) is 17.6 Å². The van der Waals surface area contributed by atoms with Gasteiger partial charge >= 0.3 is 6.09 Å². The van der Waals surface area contributed by atoms with Crippen LogP contribution in [-0.2, 0) is 43.3 Å². The zero-order valence-corrected chi connectivity index (χ0v) is 53.6. The zero-order chi connectivity index (χ0) is 55.1. The number of rotatable bonds is 8. The van der Waals surface area contributed by atoms with Gasteiger partial charge in [0.25, 0.3) is 0 Å². The van der Waals surface area contributed by atoms with Crippen LogP contribution >= 0.6 is 25.1 Å². The molecule has 0 spiro atoms. The lowest BCUT2D eigenvalue weighted by Crippen LogP contribution is -2.60. The zero-order valence-electron chi connectivity index (χ0n) is 50.7. The summed E-state index contributed by atoms with van der Waals surface area (Å²) in [6.45, 7) is 63.7. The van der Waals surface area contributed by atoms with E-state index >= 15 is 0 Å². The van der Waals surface area contributed by atoms with E-state index in [1.165, 1.54) is 65.7 Å². The van der Waals surface area contributed by atoms with E-state index in [0.29, 0.717) is 23.7 Å². The number of carboxylic acid groups (broad SMARTS) is 1. The molecular weight excluding hydrogens is 932 g/mol. The molecule has 1 N–H and O–H groups in total. The molecule has 5 rings (SSSR count). The molecule has 3 nitrogen and oxygen atoms in total. The predicted octanol–water partition coefficient (Wildman–Crippen LogP) is 17.4. The molecule has 1 aliphatic heterocycles. The van der Waals surface area contributed by atoms with Gasteiger partial charge in [0.15, 0.2) is 0 Å². The van der Waals surface area contributed by atoms with Crippen LogP contribution < -0.4 is 21.2 Å². The molecule has 4 aromatic rings. The Morgan fingerprint density at radius 3 is 0.889 bits per heavy atom. The van der Waals surface area contributed by atoms with Crippen LogP contribution in [0.4, 0.5) is 4.79 Å². The second-order valence-electron chi connectivity index (χ2n) is 31.2. The van der Waals surface area contributed by atoms with E-state index in [2.05, 4.69) is 260 Å². The lowest BCUT2D eigenvalue weighted by molar-refractivity contribution is 0.0418. The Bertz CT molecular complexity index is 2310. The normalized spacial score (nSPS) is 18.9. The third-order valence-electron chi connectivity index (χ3n) is 15.6. The number of benzene rings is 4. The molecule has 0 saturated carbocycles. The average molecular weight is 1030 g/mol. The summed E-state index contributed by atoms with van der Waals surface area (Å²) in [4.78, 5) is 16.8. The van der Waals surface area contributed by atoms with E-state index in [1.54, 1.807) is 0 Å². The Labute approximate surface area is 447 Å².